The van der Waals surface area contributed by atoms with Crippen LogP contribution in [0.1, 0.15) is 19.0 Å². The van der Waals surface area contributed by atoms with Crippen LogP contribution in [0.4, 0.5) is 0 Å². The Morgan fingerprint density at radius 2 is 2.22 bits per heavy atom. The second kappa shape index (κ2) is 7.71. The molecular weight excluding hydrogens is 298 g/mol. The van der Waals surface area contributed by atoms with Crippen molar-refractivity contribution in [3.05, 3.63) is 23.9 Å². The van der Waals surface area contributed by atoms with Gasteiger partial charge in [-0.05, 0) is 25.8 Å². The van der Waals surface area contributed by atoms with Gasteiger partial charge < -0.3 is 15.0 Å². The van der Waals surface area contributed by atoms with E-state index in [1.807, 2.05) is 12.1 Å². The molecule has 7 nitrogen and oxygen atoms in total. The quantitative estimate of drug-likeness (QED) is 0.440. The molecule has 1 saturated heterocycles. The maximum atomic E-state index is 12.0. The van der Waals surface area contributed by atoms with Crippen LogP contribution in [0.25, 0.3) is 0 Å². The number of aromatic nitrogens is 1. The molecule has 124 valence electrons. The van der Waals surface area contributed by atoms with Gasteiger partial charge in [-0.15, -0.1) is 0 Å². The lowest BCUT2D eigenvalue weighted by Gasteiger charge is -2.12. The molecule has 2 amide bonds. The minimum absolute atomic E-state index is 0.178. The average molecular weight is 319 g/mol. The normalized spacial score (nSPS) is 17.5. The summed E-state index contributed by atoms with van der Waals surface area (Å²) in [5.41, 5.74) is 0.878. The van der Waals surface area contributed by atoms with E-state index in [4.69, 9.17) is 4.74 Å². The number of Topliss-reactive ketones (excluding diaryl/α,β-unsaturated/α-hetero) is 1. The van der Waals surface area contributed by atoms with Crippen LogP contribution in [0.3, 0.4) is 0 Å². The summed E-state index contributed by atoms with van der Waals surface area (Å²) in [5.74, 6) is -1.87. The van der Waals surface area contributed by atoms with Crippen LogP contribution in [-0.4, -0.2) is 54.2 Å². The topological polar surface area (TPSA) is 88.6 Å². The molecule has 1 aromatic rings. The molecule has 23 heavy (non-hydrogen) atoms. The Bertz CT molecular complexity index is 603. The van der Waals surface area contributed by atoms with Gasteiger partial charge >= 0.3 is 0 Å². The minimum atomic E-state index is -0.877. The fraction of sp³-hybridized carbons (Fsp3) is 0.500. The van der Waals surface area contributed by atoms with Gasteiger partial charge in [0.1, 0.15) is 5.92 Å². The number of carbonyl (C=O) groups excluding carboxylic acids is 3. The number of hydrogen-bond acceptors (Lipinski definition) is 5. The van der Waals surface area contributed by atoms with Gasteiger partial charge in [0.2, 0.25) is 17.6 Å². The SMILES string of the molecule is CCN1CC(C(=O)NCCCc2cccc(OC)n2)C(=O)C1=O. The number of rotatable bonds is 7. The first-order valence-electron chi connectivity index (χ1n) is 7.67. The molecule has 1 unspecified atom stereocenters. The first-order valence-corrected chi connectivity index (χ1v) is 7.67. The van der Waals surface area contributed by atoms with Crippen molar-refractivity contribution >= 4 is 17.6 Å². The third kappa shape index (κ3) is 4.06. The lowest BCUT2D eigenvalue weighted by atomic mass is 10.1. The fourth-order valence-electron chi connectivity index (χ4n) is 2.48. The summed E-state index contributed by atoms with van der Waals surface area (Å²) in [7, 11) is 1.56. The highest BCUT2D eigenvalue weighted by Crippen LogP contribution is 2.14. The van der Waals surface area contributed by atoms with E-state index in [0.717, 1.165) is 5.69 Å². The van der Waals surface area contributed by atoms with E-state index in [-0.39, 0.29) is 12.5 Å². The van der Waals surface area contributed by atoms with Crippen molar-refractivity contribution < 1.29 is 19.1 Å². The molecule has 0 bridgehead atoms. The van der Waals surface area contributed by atoms with Crippen molar-refractivity contribution in [3.8, 4) is 5.88 Å². The highest BCUT2D eigenvalue weighted by Gasteiger charge is 2.42. The van der Waals surface area contributed by atoms with E-state index >= 15 is 0 Å². The summed E-state index contributed by atoms with van der Waals surface area (Å²) < 4.78 is 5.05. The number of carbonyl (C=O) groups is 3. The minimum Gasteiger partial charge on any atom is -0.481 e. The number of ketones is 1. The number of likely N-dealkylation sites (tertiary alicyclic amines) is 1. The Balaban J connectivity index is 1.77. The smallest absolute Gasteiger partial charge is 0.290 e. The molecule has 2 heterocycles. The van der Waals surface area contributed by atoms with Crippen LogP contribution in [0.15, 0.2) is 18.2 Å². The Kier molecular flexibility index (Phi) is 5.67. The lowest BCUT2D eigenvalue weighted by molar-refractivity contribution is -0.142. The Labute approximate surface area is 135 Å². The van der Waals surface area contributed by atoms with E-state index in [2.05, 4.69) is 10.3 Å². The molecule has 7 heteroatoms. The van der Waals surface area contributed by atoms with Crippen LogP contribution in [-0.2, 0) is 20.8 Å². The molecule has 1 aliphatic heterocycles. The highest BCUT2D eigenvalue weighted by molar-refractivity contribution is 6.42. The number of likely N-dealkylation sites (N-methyl/N-ethyl adjacent to an activating group) is 1. The van der Waals surface area contributed by atoms with E-state index < -0.39 is 17.6 Å². The van der Waals surface area contributed by atoms with Crippen LogP contribution in [0.5, 0.6) is 5.88 Å². The van der Waals surface area contributed by atoms with E-state index in [1.54, 1.807) is 20.1 Å². The monoisotopic (exact) mass is 319 g/mol. The molecule has 0 aliphatic carbocycles. The number of methoxy groups -OCH3 is 1. The second-order valence-electron chi connectivity index (χ2n) is 5.33. The van der Waals surface area contributed by atoms with Crippen molar-refractivity contribution in [3.63, 3.8) is 0 Å². The zero-order valence-electron chi connectivity index (χ0n) is 13.4. The maximum absolute atomic E-state index is 12.0. The zero-order chi connectivity index (χ0) is 16.8. The molecule has 1 aromatic heterocycles. The largest absolute Gasteiger partial charge is 0.481 e. The Morgan fingerprint density at radius 1 is 1.43 bits per heavy atom. The number of ether oxygens (including phenoxy) is 1. The van der Waals surface area contributed by atoms with Crippen molar-refractivity contribution in [2.24, 2.45) is 5.92 Å². The van der Waals surface area contributed by atoms with Crippen LogP contribution >= 0.6 is 0 Å². The number of pyridine rings is 1. The number of nitrogens with zero attached hydrogens (tertiary/aromatic N) is 2. The first-order chi connectivity index (χ1) is 11.1. The van der Waals surface area contributed by atoms with Gasteiger partial charge in [-0.3, -0.25) is 14.4 Å². The van der Waals surface area contributed by atoms with Crippen LogP contribution < -0.4 is 10.1 Å². The maximum Gasteiger partial charge on any atom is 0.290 e. The van der Waals surface area contributed by atoms with Gasteiger partial charge in [-0.25, -0.2) is 4.98 Å². The fourth-order valence-corrected chi connectivity index (χ4v) is 2.48. The molecule has 1 atom stereocenters. The highest BCUT2D eigenvalue weighted by atomic mass is 16.5. The molecule has 1 aliphatic rings. The van der Waals surface area contributed by atoms with Gasteiger partial charge in [0.05, 0.1) is 7.11 Å². The second-order valence-corrected chi connectivity index (χ2v) is 5.33. The number of hydrogen-bond donors (Lipinski definition) is 1. The van der Waals surface area contributed by atoms with Crippen molar-refractivity contribution in [1.82, 2.24) is 15.2 Å². The third-order valence-corrected chi connectivity index (χ3v) is 3.81. The average Bonchev–Trinajstić information content (AvgIpc) is 2.87. The number of amides is 2. The van der Waals surface area contributed by atoms with Crippen molar-refractivity contribution in [1.29, 1.82) is 0 Å². The molecule has 0 aromatic carbocycles. The summed E-state index contributed by atoms with van der Waals surface area (Å²) >= 11 is 0. The molecule has 0 radical (unpaired) electrons. The van der Waals surface area contributed by atoms with E-state index in [9.17, 15) is 14.4 Å². The van der Waals surface area contributed by atoms with Gasteiger partial charge in [0.25, 0.3) is 5.91 Å². The van der Waals surface area contributed by atoms with Gasteiger partial charge in [0, 0.05) is 31.4 Å². The standard InChI is InChI=1S/C16H21N3O4/c1-3-19-10-12(14(20)16(19)22)15(21)17-9-5-7-11-6-4-8-13(18-11)23-2/h4,6,8,12H,3,5,7,9-10H2,1-2H3,(H,17,21). The summed E-state index contributed by atoms with van der Waals surface area (Å²) in [4.78, 5) is 41.1. The number of nitrogens with one attached hydrogen (secondary N) is 1. The molecule has 0 saturated carbocycles. The Hall–Kier alpha value is -2.44. The predicted octanol–water partition coefficient (Wildman–Crippen LogP) is 0.186. The van der Waals surface area contributed by atoms with Gasteiger partial charge in [0.15, 0.2) is 0 Å². The molecule has 1 N–H and O–H groups in total. The van der Waals surface area contributed by atoms with Gasteiger partial charge in [-0.1, -0.05) is 6.07 Å². The summed E-state index contributed by atoms with van der Waals surface area (Å²) in [6, 6.07) is 5.53. The Morgan fingerprint density at radius 3 is 2.87 bits per heavy atom. The van der Waals surface area contributed by atoms with Crippen LogP contribution in [0, 0.1) is 5.92 Å². The lowest BCUT2D eigenvalue weighted by Crippen LogP contribution is -2.36. The summed E-state index contributed by atoms with van der Waals surface area (Å²) in [6.07, 6.45) is 1.38. The van der Waals surface area contributed by atoms with Gasteiger partial charge in [-0.2, -0.15) is 0 Å². The summed E-state index contributed by atoms with van der Waals surface area (Å²) in [6.45, 7) is 2.84. The zero-order valence-corrected chi connectivity index (χ0v) is 13.4. The number of aryl methyl sites for hydroxylation is 1. The predicted molar refractivity (Wildman–Crippen MR) is 82.9 cm³/mol. The molecular formula is C16H21N3O4. The van der Waals surface area contributed by atoms with E-state index in [0.29, 0.717) is 31.8 Å². The molecule has 2 rings (SSSR count). The summed E-state index contributed by atoms with van der Waals surface area (Å²) in [5, 5.41) is 2.72. The first kappa shape index (κ1) is 16.9. The van der Waals surface area contributed by atoms with Crippen molar-refractivity contribution in [2.45, 2.75) is 19.8 Å². The molecule has 1 fully saturated rings. The van der Waals surface area contributed by atoms with Crippen LogP contribution in [0.2, 0.25) is 0 Å². The molecule has 0 spiro atoms. The van der Waals surface area contributed by atoms with E-state index in [1.165, 1.54) is 4.90 Å². The van der Waals surface area contributed by atoms with Crippen molar-refractivity contribution in [2.75, 3.05) is 26.7 Å². The third-order valence-electron chi connectivity index (χ3n) is 3.81.